The molecule has 0 saturated carbocycles. The molecular formula is C24H38N2OS. The van der Waals surface area contributed by atoms with Crippen molar-refractivity contribution < 1.29 is 4.79 Å². The largest absolute Gasteiger partial charge is 0.317 e. The zero-order valence-electron chi connectivity index (χ0n) is 18.3. The molecule has 0 fully saturated rings. The zero-order valence-corrected chi connectivity index (χ0v) is 19.1. The van der Waals surface area contributed by atoms with Gasteiger partial charge in [0.05, 0.1) is 5.56 Å². The highest BCUT2D eigenvalue weighted by Crippen LogP contribution is 2.44. The van der Waals surface area contributed by atoms with Gasteiger partial charge in [0.1, 0.15) is 11.1 Å². The van der Waals surface area contributed by atoms with Crippen LogP contribution in [0.5, 0.6) is 0 Å². The van der Waals surface area contributed by atoms with Crippen LogP contribution < -0.4 is 5.32 Å². The number of hydrogen-bond acceptors (Lipinski definition) is 3. The van der Waals surface area contributed by atoms with Crippen LogP contribution in [0.2, 0.25) is 0 Å². The van der Waals surface area contributed by atoms with E-state index in [0.717, 1.165) is 42.7 Å². The van der Waals surface area contributed by atoms with Crippen LogP contribution in [0.4, 0.5) is 5.00 Å². The second-order valence-electron chi connectivity index (χ2n) is 9.40. The van der Waals surface area contributed by atoms with Crippen LogP contribution in [0, 0.1) is 22.7 Å². The second kappa shape index (κ2) is 11.0. The zero-order chi connectivity index (χ0) is 20.6. The first-order valence-electron chi connectivity index (χ1n) is 11.2. The molecule has 0 spiro atoms. The van der Waals surface area contributed by atoms with Crippen LogP contribution in [0.15, 0.2) is 0 Å². The first-order valence-corrected chi connectivity index (χ1v) is 12.0. The number of nitrogens with one attached hydrogen (secondary N) is 1. The number of anilines is 1. The summed E-state index contributed by atoms with van der Waals surface area (Å²) >= 11 is 1.64. The van der Waals surface area contributed by atoms with Gasteiger partial charge in [0.25, 0.3) is 0 Å². The Morgan fingerprint density at radius 3 is 2.39 bits per heavy atom. The third kappa shape index (κ3) is 6.62. The van der Waals surface area contributed by atoms with Crippen molar-refractivity contribution in [3.63, 3.8) is 0 Å². The lowest BCUT2D eigenvalue weighted by molar-refractivity contribution is -0.116. The lowest BCUT2D eigenvalue weighted by atomic mass is 9.72. The summed E-state index contributed by atoms with van der Waals surface area (Å²) in [5.41, 5.74) is 2.20. The van der Waals surface area contributed by atoms with Crippen LogP contribution in [-0.2, 0) is 17.6 Å². The van der Waals surface area contributed by atoms with Gasteiger partial charge in [-0.15, -0.1) is 11.3 Å². The van der Waals surface area contributed by atoms with Crippen molar-refractivity contribution >= 4 is 22.2 Å². The Morgan fingerprint density at radius 1 is 1.14 bits per heavy atom. The lowest BCUT2D eigenvalue weighted by Gasteiger charge is -2.33. The summed E-state index contributed by atoms with van der Waals surface area (Å²) in [5.74, 6) is 0.708. The van der Waals surface area contributed by atoms with E-state index in [1.54, 1.807) is 11.3 Å². The third-order valence-corrected chi connectivity index (χ3v) is 7.28. The maximum Gasteiger partial charge on any atom is 0.225 e. The van der Waals surface area contributed by atoms with Crippen LogP contribution in [0.3, 0.4) is 0 Å². The van der Waals surface area contributed by atoms with Gasteiger partial charge in [-0.1, -0.05) is 72.6 Å². The summed E-state index contributed by atoms with van der Waals surface area (Å²) in [6.45, 7) is 9.14. The van der Waals surface area contributed by atoms with Gasteiger partial charge >= 0.3 is 0 Å². The quantitative estimate of drug-likeness (QED) is 0.419. The van der Waals surface area contributed by atoms with Gasteiger partial charge in [-0.2, -0.15) is 5.26 Å². The molecule has 1 aromatic rings. The number of hydrogen-bond donors (Lipinski definition) is 1. The molecule has 0 aliphatic heterocycles. The van der Waals surface area contributed by atoms with Crippen LogP contribution >= 0.6 is 11.3 Å². The molecule has 1 N–H and O–H groups in total. The molecule has 3 nitrogen and oxygen atoms in total. The molecule has 156 valence electrons. The highest BCUT2D eigenvalue weighted by molar-refractivity contribution is 7.16. The number of nitrogens with zero attached hydrogens (tertiary/aromatic N) is 1. The fourth-order valence-corrected chi connectivity index (χ4v) is 5.43. The number of carbonyl (C=O) groups is 1. The molecule has 1 aliphatic carbocycles. The van der Waals surface area contributed by atoms with E-state index in [1.165, 1.54) is 49.0 Å². The molecule has 1 atom stereocenters. The predicted octanol–water partition coefficient (Wildman–Crippen LogP) is 7.24. The van der Waals surface area contributed by atoms with Gasteiger partial charge in [-0.05, 0) is 42.6 Å². The fourth-order valence-electron chi connectivity index (χ4n) is 4.14. The van der Waals surface area contributed by atoms with Gasteiger partial charge in [-0.25, -0.2) is 0 Å². The van der Waals surface area contributed by atoms with E-state index >= 15 is 0 Å². The van der Waals surface area contributed by atoms with E-state index in [4.69, 9.17) is 0 Å². The Kier molecular flexibility index (Phi) is 9.02. The van der Waals surface area contributed by atoms with Crippen molar-refractivity contribution in [1.29, 1.82) is 5.26 Å². The molecule has 0 bridgehead atoms. The summed E-state index contributed by atoms with van der Waals surface area (Å²) in [7, 11) is 0. The van der Waals surface area contributed by atoms with Gasteiger partial charge in [-0.3, -0.25) is 4.79 Å². The Bertz CT molecular complexity index is 678. The molecule has 28 heavy (non-hydrogen) atoms. The van der Waals surface area contributed by atoms with Crippen molar-refractivity contribution in [2.75, 3.05) is 5.32 Å². The van der Waals surface area contributed by atoms with Crippen LogP contribution in [0.25, 0.3) is 0 Å². The SMILES string of the molecule is CCCCCCCCCCC(=O)Nc1sc2c(c1C#N)CCC(C(C)(C)C)C2. The van der Waals surface area contributed by atoms with Gasteiger partial charge < -0.3 is 5.32 Å². The number of unbranched alkanes of at least 4 members (excludes halogenated alkanes) is 7. The minimum Gasteiger partial charge on any atom is -0.317 e. The topological polar surface area (TPSA) is 52.9 Å². The predicted molar refractivity (Wildman–Crippen MR) is 120 cm³/mol. The maximum atomic E-state index is 12.4. The number of fused-ring (bicyclic) bond motifs is 1. The van der Waals surface area contributed by atoms with Crippen LogP contribution in [0.1, 0.15) is 108 Å². The Labute approximate surface area is 175 Å². The molecule has 2 rings (SSSR count). The molecule has 4 heteroatoms. The van der Waals surface area contributed by atoms with Crippen LogP contribution in [-0.4, -0.2) is 5.91 Å². The van der Waals surface area contributed by atoms with Crippen molar-refractivity contribution in [2.24, 2.45) is 11.3 Å². The van der Waals surface area contributed by atoms with Crippen molar-refractivity contribution in [3.05, 3.63) is 16.0 Å². The molecule has 0 aromatic carbocycles. The van der Waals surface area contributed by atoms with E-state index in [2.05, 4.69) is 39.1 Å². The van der Waals surface area contributed by atoms with Crippen molar-refractivity contribution in [3.8, 4) is 6.07 Å². The molecule has 0 radical (unpaired) electrons. The molecule has 1 heterocycles. The molecule has 1 aliphatic rings. The van der Waals surface area contributed by atoms with Crippen molar-refractivity contribution in [1.82, 2.24) is 0 Å². The molecule has 1 aromatic heterocycles. The summed E-state index contributed by atoms with van der Waals surface area (Å²) in [6, 6.07) is 2.36. The molecule has 1 amide bonds. The van der Waals surface area contributed by atoms with Crippen molar-refractivity contribution in [2.45, 2.75) is 105 Å². The fraction of sp³-hybridized carbons (Fsp3) is 0.750. The first kappa shape index (κ1) is 22.9. The number of rotatable bonds is 10. The average molecular weight is 403 g/mol. The highest BCUT2D eigenvalue weighted by Gasteiger charge is 2.32. The Hall–Kier alpha value is -1.34. The highest BCUT2D eigenvalue weighted by atomic mass is 32.1. The summed E-state index contributed by atoms with van der Waals surface area (Å²) < 4.78 is 0. The Morgan fingerprint density at radius 2 is 1.79 bits per heavy atom. The number of amides is 1. The molecular weight excluding hydrogens is 364 g/mol. The third-order valence-electron chi connectivity index (χ3n) is 6.11. The standard InChI is InChI=1S/C24H38N2OS/c1-5-6-7-8-9-10-11-12-13-22(27)26-23-20(17-25)19-15-14-18(24(2,3)4)16-21(19)28-23/h18H,5-16H2,1-4H3,(H,26,27). The minimum atomic E-state index is 0.0634. The van der Waals surface area contributed by atoms with Gasteiger partial charge in [0.2, 0.25) is 5.91 Å². The molecule has 1 unspecified atom stereocenters. The minimum absolute atomic E-state index is 0.0634. The van der Waals surface area contributed by atoms with E-state index in [9.17, 15) is 10.1 Å². The maximum absolute atomic E-state index is 12.4. The van der Waals surface area contributed by atoms with Gasteiger partial charge in [0.15, 0.2) is 0 Å². The Balaban J connectivity index is 1.82. The number of thiophene rings is 1. The van der Waals surface area contributed by atoms with E-state index in [0.29, 0.717) is 12.3 Å². The smallest absolute Gasteiger partial charge is 0.225 e. The summed E-state index contributed by atoms with van der Waals surface area (Å²) in [4.78, 5) is 13.7. The summed E-state index contributed by atoms with van der Waals surface area (Å²) in [5, 5.41) is 13.5. The summed E-state index contributed by atoms with van der Waals surface area (Å²) in [6.07, 6.45) is 13.6. The number of carbonyl (C=O) groups excluding carboxylic acids is 1. The monoisotopic (exact) mass is 402 g/mol. The van der Waals surface area contributed by atoms with Gasteiger partial charge in [0, 0.05) is 11.3 Å². The van der Waals surface area contributed by atoms with E-state index in [-0.39, 0.29) is 11.3 Å². The van der Waals surface area contributed by atoms with E-state index in [1.807, 2.05) is 0 Å². The number of nitriles is 1. The second-order valence-corrected chi connectivity index (χ2v) is 10.5. The first-order chi connectivity index (χ1) is 13.4. The molecule has 0 saturated heterocycles. The van der Waals surface area contributed by atoms with E-state index < -0.39 is 0 Å². The average Bonchev–Trinajstić information content (AvgIpc) is 2.99. The lowest BCUT2D eigenvalue weighted by Crippen LogP contribution is -2.26. The normalized spacial score (nSPS) is 16.5.